The molecule has 0 aliphatic rings. The minimum Gasteiger partial charge on any atom is -0.748 e. The Kier molecular flexibility index (Phi) is 22.9. The molecule has 2 rings (SSSR count). The largest absolute Gasteiger partial charge is 0.748 e. The quantitative estimate of drug-likeness (QED) is 0.172. The van der Waals surface area contributed by atoms with Crippen LogP contribution in [-0.4, -0.2) is 41.8 Å². The molecule has 4 unspecified atom stereocenters. The van der Waals surface area contributed by atoms with Crippen molar-refractivity contribution >= 4 is 40.5 Å². The summed E-state index contributed by atoms with van der Waals surface area (Å²) in [5.74, 6) is 2.91. The number of rotatable bonds is 19. The van der Waals surface area contributed by atoms with E-state index >= 15 is 0 Å². The van der Waals surface area contributed by atoms with Gasteiger partial charge in [-0.05, 0) is 74.7 Å². The summed E-state index contributed by atoms with van der Waals surface area (Å²) in [6.07, 6.45) is 2.48. The van der Waals surface area contributed by atoms with Crippen LogP contribution in [0.15, 0.2) is 60.7 Å². The van der Waals surface area contributed by atoms with Crippen molar-refractivity contribution in [3.63, 3.8) is 0 Å². The second kappa shape index (κ2) is 23.4. The van der Waals surface area contributed by atoms with Crippen molar-refractivity contribution < 1.29 is 36.5 Å². The highest BCUT2D eigenvalue weighted by Crippen LogP contribution is 2.21. The van der Waals surface area contributed by atoms with Gasteiger partial charge < -0.3 is 19.7 Å². The van der Waals surface area contributed by atoms with Gasteiger partial charge in [-0.1, -0.05) is 115 Å². The molecule has 48 heavy (non-hydrogen) atoms. The number of nitrogens with two attached hydrogens (primary N) is 2. The lowest BCUT2D eigenvalue weighted by Gasteiger charge is -2.32. The molecule has 2 aromatic carbocycles. The van der Waals surface area contributed by atoms with Crippen LogP contribution in [0, 0.1) is 23.7 Å². The van der Waals surface area contributed by atoms with E-state index in [1.807, 2.05) is 0 Å². The molecule has 12 heteroatoms. The second-order valence-corrected chi connectivity index (χ2v) is 18.9. The minimum atomic E-state index is -3.78. The molecule has 0 heterocycles. The molecule has 4 atom stereocenters. The van der Waals surface area contributed by atoms with Crippen LogP contribution < -0.4 is 10.6 Å². The molecule has 0 saturated heterocycles. The standard InChI is InChI=1S/2C15H25N.C6H14O6S4/c2*1-12(2)13(3)15(4,5)16-11-14-9-7-6-8-10-14;7-15(8,13)11-5-3-1-2-4-6-12-16(9,10)14/h2*6-10,12-13,16H,11H2,1-5H3;1-6H2,(H,7,8,13)(H,9,10,14). The van der Waals surface area contributed by atoms with Crippen LogP contribution in [-0.2, 0) is 61.9 Å². The summed E-state index contributed by atoms with van der Waals surface area (Å²) in [5, 5.41) is 4.93. The molecule has 0 amide bonds. The Bertz CT molecular complexity index is 1220. The van der Waals surface area contributed by atoms with E-state index in [2.05, 4.69) is 171 Å². The fourth-order valence-corrected chi connectivity index (χ4v) is 6.01. The Morgan fingerprint density at radius 2 is 0.896 bits per heavy atom. The molecule has 2 aromatic rings. The zero-order chi connectivity index (χ0) is 37.0. The lowest BCUT2D eigenvalue weighted by Crippen LogP contribution is -2.95. The van der Waals surface area contributed by atoms with Crippen LogP contribution >= 0.6 is 0 Å². The van der Waals surface area contributed by atoms with E-state index in [0.717, 1.165) is 36.8 Å². The van der Waals surface area contributed by atoms with Crippen molar-refractivity contribution in [2.24, 2.45) is 23.7 Å². The average molecular weight is 749 g/mol. The zero-order valence-corrected chi connectivity index (χ0v) is 34.2. The van der Waals surface area contributed by atoms with Gasteiger partial charge in [-0.15, -0.1) is 0 Å². The Labute approximate surface area is 303 Å². The molecule has 4 N–H and O–H groups in total. The molecule has 0 saturated carbocycles. The van der Waals surface area contributed by atoms with Crippen molar-refractivity contribution in [3.8, 4) is 0 Å². The van der Waals surface area contributed by atoms with Crippen LogP contribution in [0.25, 0.3) is 0 Å². The SMILES string of the molecule is CC(C)C(C)C(C)(C)[NH2+]Cc1ccccc1.CC(C)C(C)C(C)(C)[NH2+]Cc1ccccc1.O=S([O-])(=S)OCCCCCCOS(=O)([O-])=S. The molecular formula is C36H64N2O6S4. The van der Waals surface area contributed by atoms with Crippen LogP contribution in [0.4, 0.5) is 0 Å². The third-order valence-electron chi connectivity index (χ3n) is 9.25. The summed E-state index contributed by atoms with van der Waals surface area (Å²) in [7, 11) is -7.55. The van der Waals surface area contributed by atoms with Gasteiger partial charge in [-0.2, -0.15) is 0 Å². The predicted octanol–water partition coefficient (Wildman–Crippen LogP) is 5.80. The van der Waals surface area contributed by atoms with E-state index in [9.17, 15) is 17.5 Å². The van der Waals surface area contributed by atoms with Gasteiger partial charge in [-0.3, -0.25) is 8.37 Å². The monoisotopic (exact) mass is 748 g/mol. The van der Waals surface area contributed by atoms with Crippen molar-refractivity contribution in [2.75, 3.05) is 13.2 Å². The zero-order valence-electron chi connectivity index (χ0n) is 31.0. The molecule has 278 valence electrons. The normalized spacial score (nSPS) is 15.7. The van der Waals surface area contributed by atoms with Gasteiger partial charge in [0.25, 0.3) is 0 Å². The van der Waals surface area contributed by atoms with E-state index < -0.39 is 18.1 Å². The van der Waals surface area contributed by atoms with E-state index in [1.54, 1.807) is 0 Å². The van der Waals surface area contributed by atoms with E-state index in [-0.39, 0.29) is 13.2 Å². The highest BCUT2D eigenvalue weighted by Gasteiger charge is 2.32. The third kappa shape index (κ3) is 24.2. The lowest BCUT2D eigenvalue weighted by atomic mass is 9.81. The summed E-state index contributed by atoms with van der Waals surface area (Å²) >= 11 is 7.99. The maximum atomic E-state index is 10.4. The lowest BCUT2D eigenvalue weighted by molar-refractivity contribution is -0.743. The van der Waals surface area contributed by atoms with Crippen LogP contribution in [0.1, 0.15) is 106 Å². The summed E-state index contributed by atoms with van der Waals surface area (Å²) < 4.78 is 50.2. The first-order chi connectivity index (χ1) is 22.1. The minimum absolute atomic E-state index is 0.0476. The van der Waals surface area contributed by atoms with Gasteiger partial charge in [0.2, 0.25) is 0 Å². The first kappa shape index (κ1) is 46.9. The second-order valence-electron chi connectivity index (χ2n) is 14.4. The van der Waals surface area contributed by atoms with Crippen molar-refractivity contribution in [2.45, 2.75) is 119 Å². The van der Waals surface area contributed by atoms with Crippen LogP contribution in [0.3, 0.4) is 0 Å². The number of unbranched alkanes of at least 4 members (excludes halogenated alkanes) is 3. The number of benzene rings is 2. The van der Waals surface area contributed by atoms with Crippen molar-refractivity contribution in [1.82, 2.24) is 0 Å². The van der Waals surface area contributed by atoms with Crippen LogP contribution in [0.5, 0.6) is 0 Å². The van der Waals surface area contributed by atoms with Crippen molar-refractivity contribution in [1.29, 1.82) is 0 Å². The fourth-order valence-electron chi connectivity index (χ4n) is 4.96. The first-order valence-corrected chi connectivity index (χ1v) is 21.7. The average Bonchev–Trinajstić information content (AvgIpc) is 3.00. The molecule has 0 spiro atoms. The molecule has 0 aliphatic carbocycles. The molecule has 0 aromatic heterocycles. The summed E-state index contributed by atoms with van der Waals surface area (Å²) in [6.45, 7) is 25.6. The van der Waals surface area contributed by atoms with Gasteiger partial charge in [-0.25, -0.2) is 8.42 Å². The van der Waals surface area contributed by atoms with E-state index in [4.69, 9.17) is 0 Å². The fraction of sp³-hybridized carbons (Fsp3) is 0.667. The molecule has 0 aliphatic heterocycles. The number of hydrogen-bond acceptors (Lipinski definition) is 8. The van der Waals surface area contributed by atoms with Gasteiger partial charge >= 0.3 is 0 Å². The number of hydrogen-bond donors (Lipinski definition) is 2. The number of quaternary nitrogens is 2. The third-order valence-corrected chi connectivity index (χ3v) is 10.7. The Morgan fingerprint density at radius 3 is 1.15 bits per heavy atom. The summed E-state index contributed by atoms with van der Waals surface area (Å²) in [6, 6.07) is 21.4. The van der Waals surface area contributed by atoms with E-state index in [0.29, 0.717) is 36.8 Å². The summed E-state index contributed by atoms with van der Waals surface area (Å²) in [4.78, 5) is 0. The Morgan fingerprint density at radius 1 is 0.604 bits per heavy atom. The molecular weight excluding hydrogens is 685 g/mol. The predicted molar refractivity (Wildman–Crippen MR) is 203 cm³/mol. The molecule has 0 bridgehead atoms. The van der Waals surface area contributed by atoms with Crippen LogP contribution in [0.2, 0.25) is 0 Å². The van der Waals surface area contributed by atoms with Gasteiger partial charge in [0.1, 0.15) is 13.1 Å². The Balaban J connectivity index is 0.000000690. The topological polar surface area (TPSA) is 132 Å². The Hall–Kier alpha value is -1.06. The van der Waals surface area contributed by atoms with E-state index in [1.165, 1.54) is 11.1 Å². The highest BCUT2D eigenvalue weighted by atomic mass is 32.9. The first-order valence-electron chi connectivity index (χ1n) is 17.0. The maximum absolute atomic E-state index is 10.4. The maximum Gasteiger partial charge on any atom is 0.102 e. The van der Waals surface area contributed by atoms with Crippen molar-refractivity contribution in [3.05, 3.63) is 71.8 Å². The highest BCUT2D eigenvalue weighted by molar-refractivity contribution is 8.27. The van der Waals surface area contributed by atoms with Gasteiger partial charge in [0.15, 0.2) is 0 Å². The molecule has 8 nitrogen and oxygen atoms in total. The molecule has 0 fully saturated rings. The van der Waals surface area contributed by atoms with Gasteiger partial charge in [0, 0.05) is 23.0 Å². The smallest absolute Gasteiger partial charge is 0.102 e. The van der Waals surface area contributed by atoms with Gasteiger partial charge in [0.05, 0.1) is 42.4 Å². The summed E-state index contributed by atoms with van der Waals surface area (Å²) in [5.41, 5.74) is 3.44. The molecule has 0 radical (unpaired) electrons.